The Morgan fingerprint density at radius 1 is 1.38 bits per heavy atom. The van der Waals surface area contributed by atoms with Crippen LogP contribution in [0.1, 0.15) is 25.7 Å². The van der Waals surface area contributed by atoms with Crippen LogP contribution in [0.15, 0.2) is 0 Å². The molecule has 13 heavy (non-hydrogen) atoms. The number of nitrogens with zero attached hydrogens (tertiary/aromatic N) is 1. The van der Waals surface area contributed by atoms with Crippen molar-refractivity contribution in [1.82, 2.24) is 4.90 Å². The van der Waals surface area contributed by atoms with Gasteiger partial charge in [0.2, 0.25) is 0 Å². The normalized spacial score (nSPS) is 40.2. The van der Waals surface area contributed by atoms with Gasteiger partial charge in [0.25, 0.3) is 0 Å². The summed E-state index contributed by atoms with van der Waals surface area (Å²) in [5.74, 6) is -1.05. The number of hydrogen-bond acceptors (Lipinski definition) is 3. The molecule has 0 amide bonds. The molecule has 4 nitrogen and oxygen atoms in total. The number of carboxylic acids is 1. The number of piperidine rings is 1. The van der Waals surface area contributed by atoms with Crippen LogP contribution in [-0.4, -0.2) is 45.8 Å². The van der Waals surface area contributed by atoms with Crippen LogP contribution in [-0.2, 0) is 4.79 Å². The van der Waals surface area contributed by atoms with Gasteiger partial charge in [-0.15, -0.1) is 0 Å². The van der Waals surface area contributed by atoms with E-state index in [0.717, 1.165) is 32.4 Å². The van der Waals surface area contributed by atoms with Gasteiger partial charge in [0.15, 0.2) is 5.60 Å². The lowest BCUT2D eigenvalue weighted by Crippen LogP contribution is -2.51. The smallest absolute Gasteiger partial charge is 0.337 e. The molecule has 2 aliphatic heterocycles. The third kappa shape index (κ3) is 1.25. The zero-order chi connectivity index (χ0) is 9.47. The molecule has 2 saturated heterocycles. The van der Waals surface area contributed by atoms with E-state index in [0.29, 0.717) is 6.42 Å². The monoisotopic (exact) mass is 185 g/mol. The van der Waals surface area contributed by atoms with Gasteiger partial charge < -0.3 is 10.2 Å². The van der Waals surface area contributed by atoms with Crippen molar-refractivity contribution in [2.45, 2.75) is 37.3 Å². The van der Waals surface area contributed by atoms with Gasteiger partial charge in [-0.3, -0.25) is 4.90 Å². The second-order valence-electron chi connectivity index (χ2n) is 4.03. The molecule has 2 unspecified atom stereocenters. The lowest BCUT2D eigenvalue weighted by Gasteiger charge is -2.34. The number of rotatable bonds is 1. The van der Waals surface area contributed by atoms with Crippen molar-refractivity contribution in [1.29, 1.82) is 0 Å². The first-order valence-corrected chi connectivity index (χ1v) is 4.84. The summed E-state index contributed by atoms with van der Waals surface area (Å²) in [6, 6.07) is -0.140. The van der Waals surface area contributed by atoms with Crippen molar-refractivity contribution in [3.8, 4) is 0 Å². The SMILES string of the molecule is O=C(O)C1(O)CCN2CCCCC21. The molecule has 2 rings (SSSR count). The maximum absolute atomic E-state index is 10.9. The van der Waals surface area contributed by atoms with Crippen molar-refractivity contribution >= 4 is 5.97 Å². The van der Waals surface area contributed by atoms with Gasteiger partial charge in [-0.05, 0) is 19.4 Å². The zero-order valence-corrected chi connectivity index (χ0v) is 7.57. The fraction of sp³-hybridized carbons (Fsp3) is 0.889. The predicted molar refractivity (Wildman–Crippen MR) is 46.4 cm³/mol. The average molecular weight is 185 g/mol. The van der Waals surface area contributed by atoms with Gasteiger partial charge >= 0.3 is 5.97 Å². The first-order chi connectivity index (χ1) is 6.14. The Morgan fingerprint density at radius 3 is 2.85 bits per heavy atom. The quantitative estimate of drug-likeness (QED) is 0.606. The number of hydrogen-bond donors (Lipinski definition) is 2. The van der Waals surface area contributed by atoms with Crippen molar-refractivity contribution in [2.75, 3.05) is 13.1 Å². The van der Waals surface area contributed by atoms with E-state index < -0.39 is 11.6 Å². The van der Waals surface area contributed by atoms with Gasteiger partial charge in [0.05, 0.1) is 0 Å². The van der Waals surface area contributed by atoms with Crippen molar-refractivity contribution in [2.24, 2.45) is 0 Å². The highest BCUT2D eigenvalue weighted by molar-refractivity contribution is 5.78. The predicted octanol–water partition coefficient (Wildman–Crippen LogP) is 0.0603. The molecule has 2 aliphatic rings. The molecule has 0 aromatic carbocycles. The fourth-order valence-corrected chi connectivity index (χ4v) is 2.53. The van der Waals surface area contributed by atoms with E-state index >= 15 is 0 Å². The maximum Gasteiger partial charge on any atom is 0.337 e. The lowest BCUT2D eigenvalue weighted by molar-refractivity contribution is -0.161. The number of aliphatic hydroxyl groups is 1. The summed E-state index contributed by atoms with van der Waals surface area (Å²) in [6.45, 7) is 1.67. The first-order valence-electron chi connectivity index (χ1n) is 4.84. The molecule has 4 heteroatoms. The molecule has 2 fully saturated rings. The van der Waals surface area contributed by atoms with Crippen LogP contribution in [0.4, 0.5) is 0 Å². The molecule has 0 radical (unpaired) electrons. The Kier molecular flexibility index (Phi) is 2.04. The second kappa shape index (κ2) is 2.96. The van der Waals surface area contributed by atoms with E-state index in [1.165, 1.54) is 0 Å². The summed E-state index contributed by atoms with van der Waals surface area (Å²) in [4.78, 5) is 13.0. The topological polar surface area (TPSA) is 60.8 Å². The second-order valence-corrected chi connectivity index (χ2v) is 4.03. The van der Waals surface area contributed by atoms with Crippen molar-refractivity contribution < 1.29 is 15.0 Å². The number of fused-ring (bicyclic) bond motifs is 1. The summed E-state index contributed by atoms with van der Waals surface area (Å²) < 4.78 is 0. The summed E-state index contributed by atoms with van der Waals surface area (Å²) in [5, 5.41) is 18.9. The Hall–Kier alpha value is -0.610. The molecule has 74 valence electrons. The van der Waals surface area contributed by atoms with Crippen molar-refractivity contribution in [3.63, 3.8) is 0 Å². The Morgan fingerprint density at radius 2 is 2.15 bits per heavy atom. The van der Waals surface area contributed by atoms with Crippen LogP contribution in [0.25, 0.3) is 0 Å². The minimum atomic E-state index is -1.47. The van der Waals surface area contributed by atoms with Crippen LogP contribution in [0.3, 0.4) is 0 Å². The van der Waals surface area contributed by atoms with Crippen LogP contribution >= 0.6 is 0 Å². The molecule has 2 N–H and O–H groups in total. The maximum atomic E-state index is 10.9. The zero-order valence-electron chi connectivity index (χ0n) is 7.57. The molecule has 0 spiro atoms. The minimum Gasteiger partial charge on any atom is -0.479 e. The van der Waals surface area contributed by atoms with E-state index in [1.54, 1.807) is 0 Å². The number of carboxylic acid groups (broad SMARTS) is 1. The summed E-state index contributed by atoms with van der Waals surface area (Å²) in [6.07, 6.45) is 3.37. The Balaban J connectivity index is 2.19. The minimum absolute atomic E-state index is 0.140. The molecule has 2 heterocycles. The van der Waals surface area contributed by atoms with Gasteiger partial charge in [0.1, 0.15) is 0 Å². The third-order valence-electron chi connectivity index (χ3n) is 3.32. The highest BCUT2D eigenvalue weighted by atomic mass is 16.4. The summed E-state index contributed by atoms with van der Waals surface area (Å²) >= 11 is 0. The third-order valence-corrected chi connectivity index (χ3v) is 3.32. The molecule has 0 bridgehead atoms. The van der Waals surface area contributed by atoms with Crippen LogP contribution in [0.5, 0.6) is 0 Å². The highest BCUT2D eigenvalue weighted by Gasteiger charge is 2.52. The van der Waals surface area contributed by atoms with Gasteiger partial charge in [0, 0.05) is 19.0 Å². The van der Waals surface area contributed by atoms with Gasteiger partial charge in [-0.2, -0.15) is 0 Å². The number of aliphatic carboxylic acids is 1. The van der Waals surface area contributed by atoms with Gasteiger partial charge in [-0.25, -0.2) is 4.79 Å². The largest absolute Gasteiger partial charge is 0.479 e. The molecule has 0 saturated carbocycles. The van der Waals surface area contributed by atoms with E-state index in [2.05, 4.69) is 4.90 Å². The van der Waals surface area contributed by atoms with Crippen molar-refractivity contribution in [3.05, 3.63) is 0 Å². The fourth-order valence-electron chi connectivity index (χ4n) is 2.53. The average Bonchev–Trinajstić information content (AvgIpc) is 2.47. The molecule has 2 atom stereocenters. The van der Waals surface area contributed by atoms with E-state index in [9.17, 15) is 9.90 Å². The number of carbonyl (C=O) groups is 1. The van der Waals surface area contributed by atoms with E-state index in [-0.39, 0.29) is 6.04 Å². The molecule has 0 aliphatic carbocycles. The summed E-state index contributed by atoms with van der Waals surface area (Å²) in [7, 11) is 0. The molecule has 0 aromatic rings. The Bertz CT molecular complexity index is 231. The standard InChI is InChI=1S/C9H15NO3/c11-8(12)9(13)4-6-10-5-2-1-3-7(9)10/h7,13H,1-6H2,(H,11,12). The highest BCUT2D eigenvalue weighted by Crippen LogP contribution is 2.35. The van der Waals surface area contributed by atoms with E-state index in [1.807, 2.05) is 0 Å². The lowest BCUT2D eigenvalue weighted by atomic mass is 9.89. The van der Waals surface area contributed by atoms with Crippen LogP contribution in [0.2, 0.25) is 0 Å². The summed E-state index contributed by atoms with van der Waals surface area (Å²) in [5.41, 5.74) is -1.47. The van der Waals surface area contributed by atoms with E-state index in [4.69, 9.17) is 5.11 Å². The molecular weight excluding hydrogens is 170 g/mol. The first kappa shape index (κ1) is 8.97. The van der Waals surface area contributed by atoms with Crippen LogP contribution in [0, 0.1) is 0 Å². The Labute approximate surface area is 77.2 Å². The molecular formula is C9H15NO3. The van der Waals surface area contributed by atoms with Gasteiger partial charge in [-0.1, -0.05) is 6.42 Å². The van der Waals surface area contributed by atoms with Crippen LogP contribution < -0.4 is 0 Å². The molecule has 0 aromatic heterocycles.